The topological polar surface area (TPSA) is 46.4 Å². The number of amides is 1. The highest BCUT2D eigenvalue weighted by atomic mass is 16.2. The van der Waals surface area contributed by atoms with Crippen LogP contribution in [0.4, 0.5) is 0 Å². The van der Waals surface area contributed by atoms with Gasteiger partial charge in [-0.25, -0.2) is 5.43 Å². The van der Waals surface area contributed by atoms with E-state index in [4.69, 9.17) is 0 Å². The number of nitrogens with zero attached hydrogens (tertiary/aromatic N) is 2. The minimum Gasteiger partial charge on any atom is -0.318 e. The molecule has 1 amide bonds. The zero-order valence-corrected chi connectivity index (χ0v) is 16.3. The lowest BCUT2D eigenvalue weighted by molar-refractivity contribution is -0.120. The molecule has 0 saturated heterocycles. The highest BCUT2D eigenvalue weighted by Crippen LogP contribution is 2.23. The van der Waals surface area contributed by atoms with Gasteiger partial charge in [0.05, 0.1) is 12.6 Å². The molecule has 0 fully saturated rings. The fraction of sp³-hybridized carbons (Fsp3) is 0.217. The molecule has 0 spiro atoms. The van der Waals surface area contributed by atoms with Gasteiger partial charge in [-0.2, -0.15) is 5.10 Å². The molecule has 0 saturated carbocycles. The average Bonchev–Trinajstić information content (AvgIpc) is 2.90. The van der Waals surface area contributed by atoms with E-state index < -0.39 is 0 Å². The zero-order chi connectivity index (χ0) is 19.4. The SMILES string of the molecule is Cc1ccc(-n2c(C)cc(/C=N/NC(=O)Cc3ccccc3)c2C)c(C)c1. The second-order valence-electron chi connectivity index (χ2n) is 6.91. The van der Waals surface area contributed by atoms with Crippen LogP contribution in [0.15, 0.2) is 59.7 Å². The highest BCUT2D eigenvalue weighted by molar-refractivity contribution is 5.84. The van der Waals surface area contributed by atoms with Gasteiger partial charge in [0, 0.05) is 22.6 Å². The minimum atomic E-state index is -0.124. The smallest absolute Gasteiger partial charge is 0.244 e. The molecule has 4 heteroatoms. The number of carbonyl (C=O) groups excluding carboxylic acids is 1. The summed E-state index contributed by atoms with van der Waals surface area (Å²) in [5.41, 5.74) is 10.5. The van der Waals surface area contributed by atoms with Crippen molar-refractivity contribution in [3.63, 3.8) is 0 Å². The van der Waals surface area contributed by atoms with Crippen LogP contribution in [-0.2, 0) is 11.2 Å². The van der Waals surface area contributed by atoms with E-state index in [1.807, 2.05) is 30.3 Å². The van der Waals surface area contributed by atoms with Gasteiger partial charge < -0.3 is 4.57 Å². The third-order valence-corrected chi connectivity index (χ3v) is 4.66. The molecular weight excluding hydrogens is 334 g/mol. The zero-order valence-electron chi connectivity index (χ0n) is 16.3. The Morgan fingerprint density at radius 3 is 2.48 bits per heavy atom. The Morgan fingerprint density at radius 2 is 1.78 bits per heavy atom. The molecule has 0 aliphatic heterocycles. The molecule has 0 aliphatic carbocycles. The number of benzene rings is 2. The number of nitrogens with one attached hydrogen (secondary N) is 1. The summed E-state index contributed by atoms with van der Waals surface area (Å²) in [6.45, 7) is 8.37. The first kappa shape index (κ1) is 18.6. The van der Waals surface area contributed by atoms with Crippen LogP contribution in [0.25, 0.3) is 5.69 Å². The molecule has 1 heterocycles. The van der Waals surface area contributed by atoms with Gasteiger partial charge in [0.1, 0.15) is 0 Å². The van der Waals surface area contributed by atoms with Crippen molar-refractivity contribution in [1.29, 1.82) is 0 Å². The van der Waals surface area contributed by atoms with Crippen LogP contribution in [-0.4, -0.2) is 16.7 Å². The molecule has 1 aromatic heterocycles. The lowest BCUT2D eigenvalue weighted by atomic mass is 10.1. The lowest BCUT2D eigenvalue weighted by Crippen LogP contribution is -2.19. The van der Waals surface area contributed by atoms with E-state index in [-0.39, 0.29) is 5.91 Å². The third-order valence-electron chi connectivity index (χ3n) is 4.66. The summed E-state index contributed by atoms with van der Waals surface area (Å²) in [4.78, 5) is 12.0. The van der Waals surface area contributed by atoms with Gasteiger partial charge in [0.2, 0.25) is 5.91 Å². The quantitative estimate of drug-likeness (QED) is 0.532. The lowest BCUT2D eigenvalue weighted by Gasteiger charge is -2.13. The molecule has 2 aromatic carbocycles. The van der Waals surface area contributed by atoms with Gasteiger partial charge in [0.25, 0.3) is 0 Å². The van der Waals surface area contributed by atoms with Crippen molar-refractivity contribution in [2.45, 2.75) is 34.1 Å². The Balaban J connectivity index is 1.74. The molecule has 1 N–H and O–H groups in total. The van der Waals surface area contributed by atoms with Crippen LogP contribution in [0.5, 0.6) is 0 Å². The molecule has 3 rings (SSSR count). The Labute approximate surface area is 160 Å². The number of hydrazone groups is 1. The van der Waals surface area contributed by atoms with Gasteiger partial charge in [-0.3, -0.25) is 4.79 Å². The van der Waals surface area contributed by atoms with Crippen LogP contribution in [0, 0.1) is 27.7 Å². The summed E-state index contributed by atoms with van der Waals surface area (Å²) in [7, 11) is 0. The predicted octanol–water partition coefficient (Wildman–Crippen LogP) is 4.40. The third kappa shape index (κ3) is 4.34. The molecule has 0 aliphatic rings. The monoisotopic (exact) mass is 359 g/mol. The summed E-state index contributed by atoms with van der Waals surface area (Å²) >= 11 is 0. The van der Waals surface area contributed by atoms with E-state index in [0.29, 0.717) is 6.42 Å². The van der Waals surface area contributed by atoms with Crippen molar-refractivity contribution in [2.75, 3.05) is 0 Å². The molecule has 0 unspecified atom stereocenters. The Morgan fingerprint density at radius 1 is 1.04 bits per heavy atom. The Bertz CT molecular complexity index is 984. The molecule has 138 valence electrons. The molecule has 0 bridgehead atoms. The molecule has 4 nitrogen and oxygen atoms in total. The Kier molecular flexibility index (Phi) is 5.55. The van der Waals surface area contributed by atoms with Gasteiger partial charge in [-0.1, -0.05) is 48.0 Å². The van der Waals surface area contributed by atoms with Crippen LogP contribution in [0.3, 0.4) is 0 Å². The number of hydrogen-bond acceptors (Lipinski definition) is 2. The minimum absolute atomic E-state index is 0.124. The number of rotatable bonds is 5. The summed E-state index contributed by atoms with van der Waals surface area (Å²) in [6.07, 6.45) is 2.03. The summed E-state index contributed by atoms with van der Waals surface area (Å²) in [6, 6.07) is 18.2. The standard InChI is InChI=1S/C23H25N3O/c1-16-10-11-22(17(2)12-16)26-18(3)13-21(19(26)4)15-24-25-23(27)14-20-8-6-5-7-9-20/h5-13,15H,14H2,1-4H3,(H,25,27)/b24-15+. The van der Waals surface area contributed by atoms with Gasteiger partial charge in [-0.15, -0.1) is 0 Å². The van der Waals surface area contributed by atoms with Gasteiger partial charge in [0.15, 0.2) is 0 Å². The normalized spacial score (nSPS) is 11.1. The van der Waals surface area contributed by atoms with E-state index in [2.05, 4.69) is 67.1 Å². The summed E-state index contributed by atoms with van der Waals surface area (Å²) in [5, 5.41) is 4.15. The maximum absolute atomic E-state index is 12.0. The number of aryl methyl sites for hydroxylation is 3. The van der Waals surface area contributed by atoms with E-state index in [0.717, 1.165) is 22.5 Å². The van der Waals surface area contributed by atoms with E-state index in [1.54, 1.807) is 6.21 Å². The number of carbonyl (C=O) groups is 1. The van der Waals surface area contributed by atoms with E-state index in [9.17, 15) is 4.79 Å². The van der Waals surface area contributed by atoms with E-state index in [1.165, 1.54) is 16.8 Å². The Hall–Kier alpha value is -3.14. The fourth-order valence-corrected chi connectivity index (χ4v) is 3.34. The predicted molar refractivity (Wildman–Crippen MR) is 111 cm³/mol. The molecule has 0 atom stereocenters. The number of hydrogen-bond donors (Lipinski definition) is 1. The van der Waals surface area contributed by atoms with Crippen molar-refractivity contribution in [3.8, 4) is 5.69 Å². The first-order valence-corrected chi connectivity index (χ1v) is 9.08. The first-order chi connectivity index (χ1) is 13.0. The maximum Gasteiger partial charge on any atom is 0.244 e. The maximum atomic E-state index is 12.0. The van der Waals surface area contributed by atoms with Crippen molar-refractivity contribution in [3.05, 3.63) is 88.2 Å². The van der Waals surface area contributed by atoms with Crippen LogP contribution < -0.4 is 5.43 Å². The largest absolute Gasteiger partial charge is 0.318 e. The summed E-state index contributed by atoms with van der Waals surface area (Å²) in [5.74, 6) is -0.124. The second-order valence-corrected chi connectivity index (χ2v) is 6.91. The van der Waals surface area contributed by atoms with Crippen molar-refractivity contribution >= 4 is 12.1 Å². The van der Waals surface area contributed by atoms with Crippen LogP contribution in [0.1, 0.15) is 33.6 Å². The molecule has 27 heavy (non-hydrogen) atoms. The van der Waals surface area contributed by atoms with Crippen molar-refractivity contribution in [1.82, 2.24) is 9.99 Å². The highest BCUT2D eigenvalue weighted by Gasteiger charge is 2.11. The molecule has 0 radical (unpaired) electrons. The first-order valence-electron chi connectivity index (χ1n) is 9.08. The van der Waals surface area contributed by atoms with Crippen molar-refractivity contribution in [2.24, 2.45) is 5.10 Å². The van der Waals surface area contributed by atoms with Crippen LogP contribution >= 0.6 is 0 Å². The molecular formula is C23H25N3O. The van der Waals surface area contributed by atoms with Gasteiger partial charge >= 0.3 is 0 Å². The molecule has 3 aromatic rings. The number of aromatic nitrogens is 1. The van der Waals surface area contributed by atoms with E-state index >= 15 is 0 Å². The van der Waals surface area contributed by atoms with Gasteiger partial charge in [-0.05, 0) is 51.0 Å². The van der Waals surface area contributed by atoms with Crippen molar-refractivity contribution < 1.29 is 4.79 Å². The summed E-state index contributed by atoms with van der Waals surface area (Å²) < 4.78 is 2.22. The average molecular weight is 359 g/mol. The second kappa shape index (κ2) is 8.04. The fourth-order valence-electron chi connectivity index (χ4n) is 3.34. The van der Waals surface area contributed by atoms with Crippen LogP contribution in [0.2, 0.25) is 0 Å².